The van der Waals surface area contributed by atoms with E-state index < -0.39 is 0 Å². The highest BCUT2D eigenvalue weighted by atomic mass is 32.2. The van der Waals surface area contributed by atoms with Crippen LogP contribution in [0.15, 0.2) is 16.8 Å². The maximum atomic E-state index is 11.6. The number of amides is 2. The minimum Gasteiger partial charge on any atom is -0.354 e. The summed E-state index contributed by atoms with van der Waals surface area (Å²) in [5.74, 6) is 0.636. The zero-order valence-corrected chi connectivity index (χ0v) is 13.0. The molecule has 1 saturated carbocycles. The average Bonchev–Trinajstić information content (AvgIpc) is 3.13. The molecule has 0 atom stereocenters. The van der Waals surface area contributed by atoms with Crippen molar-refractivity contribution in [1.29, 1.82) is 0 Å². The summed E-state index contributed by atoms with van der Waals surface area (Å²) >= 11 is 3.41. The SMILES string of the molecule is O=C(CNC(=O)c1ccsc1)NCCSC1CCCC1. The molecule has 4 nitrogen and oxygen atoms in total. The molecule has 2 rings (SSSR count). The first kappa shape index (κ1) is 15.4. The van der Waals surface area contributed by atoms with Crippen LogP contribution in [0.3, 0.4) is 0 Å². The third-order valence-electron chi connectivity index (χ3n) is 3.27. The lowest BCUT2D eigenvalue weighted by molar-refractivity contribution is -0.120. The summed E-state index contributed by atoms with van der Waals surface area (Å²) in [6, 6.07) is 1.75. The van der Waals surface area contributed by atoms with Gasteiger partial charge in [-0.2, -0.15) is 23.1 Å². The van der Waals surface area contributed by atoms with Crippen molar-refractivity contribution in [3.8, 4) is 0 Å². The van der Waals surface area contributed by atoms with Gasteiger partial charge in [0.15, 0.2) is 0 Å². The van der Waals surface area contributed by atoms with Crippen LogP contribution < -0.4 is 10.6 Å². The minimum atomic E-state index is -0.193. The second kappa shape index (κ2) is 8.32. The number of thioether (sulfide) groups is 1. The Balaban J connectivity index is 1.53. The first-order valence-corrected chi connectivity index (χ1v) is 8.93. The van der Waals surface area contributed by atoms with Crippen molar-refractivity contribution >= 4 is 34.9 Å². The van der Waals surface area contributed by atoms with E-state index in [0.29, 0.717) is 12.1 Å². The van der Waals surface area contributed by atoms with Gasteiger partial charge in [0.1, 0.15) is 0 Å². The molecule has 0 aliphatic heterocycles. The Morgan fingerprint density at radius 3 is 2.80 bits per heavy atom. The molecule has 1 fully saturated rings. The standard InChI is InChI=1S/C14H20N2O2S2/c17-13(9-16-14(18)11-5-7-19-10-11)15-6-8-20-12-3-1-2-4-12/h5,7,10,12H,1-4,6,8-9H2,(H,15,17)(H,16,18). The van der Waals surface area contributed by atoms with E-state index in [9.17, 15) is 9.59 Å². The molecular weight excluding hydrogens is 292 g/mol. The third-order valence-corrected chi connectivity index (χ3v) is 5.34. The lowest BCUT2D eigenvalue weighted by Crippen LogP contribution is -2.37. The van der Waals surface area contributed by atoms with Gasteiger partial charge in [-0.05, 0) is 24.3 Å². The molecule has 1 heterocycles. The van der Waals surface area contributed by atoms with E-state index in [1.54, 1.807) is 11.4 Å². The van der Waals surface area contributed by atoms with Gasteiger partial charge in [-0.1, -0.05) is 12.8 Å². The fourth-order valence-electron chi connectivity index (χ4n) is 2.19. The van der Waals surface area contributed by atoms with Gasteiger partial charge in [-0.3, -0.25) is 9.59 Å². The Bertz CT molecular complexity index is 428. The van der Waals surface area contributed by atoms with Crippen LogP contribution >= 0.6 is 23.1 Å². The number of nitrogens with one attached hydrogen (secondary N) is 2. The highest BCUT2D eigenvalue weighted by Crippen LogP contribution is 2.28. The number of carbonyl (C=O) groups is 2. The molecule has 2 amide bonds. The Morgan fingerprint density at radius 1 is 1.30 bits per heavy atom. The van der Waals surface area contributed by atoms with Crippen molar-refractivity contribution in [3.05, 3.63) is 22.4 Å². The van der Waals surface area contributed by atoms with Crippen molar-refractivity contribution in [2.75, 3.05) is 18.8 Å². The van der Waals surface area contributed by atoms with Crippen molar-refractivity contribution < 1.29 is 9.59 Å². The highest BCUT2D eigenvalue weighted by Gasteiger charge is 2.14. The van der Waals surface area contributed by atoms with Crippen LogP contribution in [0.1, 0.15) is 36.0 Å². The van der Waals surface area contributed by atoms with Crippen LogP contribution in [0.25, 0.3) is 0 Å². The minimum absolute atomic E-state index is 0.0444. The smallest absolute Gasteiger partial charge is 0.252 e. The zero-order chi connectivity index (χ0) is 14.2. The van der Waals surface area contributed by atoms with Crippen molar-refractivity contribution in [2.45, 2.75) is 30.9 Å². The molecule has 20 heavy (non-hydrogen) atoms. The lowest BCUT2D eigenvalue weighted by Gasteiger charge is -2.09. The van der Waals surface area contributed by atoms with Gasteiger partial charge in [-0.25, -0.2) is 0 Å². The van der Waals surface area contributed by atoms with E-state index in [2.05, 4.69) is 10.6 Å². The monoisotopic (exact) mass is 312 g/mol. The summed E-state index contributed by atoms with van der Waals surface area (Å²) < 4.78 is 0. The van der Waals surface area contributed by atoms with Gasteiger partial charge < -0.3 is 10.6 Å². The van der Waals surface area contributed by atoms with Gasteiger partial charge in [0, 0.05) is 28.5 Å². The lowest BCUT2D eigenvalue weighted by atomic mass is 10.3. The van der Waals surface area contributed by atoms with E-state index in [1.807, 2.05) is 17.1 Å². The number of thiophene rings is 1. The Kier molecular flexibility index (Phi) is 6.39. The maximum absolute atomic E-state index is 11.6. The Hall–Kier alpha value is -1.01. The third kappa shape index (κ3) is 5.17. The maximum Gasteiger partial charge on any atom is 0.252 e. The molecule has 0 bridgehead atoms. The molecule has 110 valence electrons. The molecule has 0 saturated heterocycles. The largest absolute Gasteiger partial charge is 0.354 e. The first-order valence-electron chi connectivity index (χ1n) is 6.94. The quantitative estimate of drug-likeness (QED) is 0.759. The van der Waals surface area contributed by atoms with Crippen LogP contribution in [0.5, 0.6) is 0 Å². The summed E-state index contributed by atoms with van der Waals surface area (Å²) in [4.78, 5) is 23.2. The predicted molar refractivity (Wildman–Crippen MR) is 84.4 cm³/mol. The number of rotatable bonds is 7. The van der Waals surface area contributed by atoms with Crippen LogP contribution in [-0.2, 0) is 4.79 Å². The summed E-state index contributed by atoms with van der Waals surface area (Å²) in [5.41, 5.74) is 0.611. The second-order valence-corrected chi connectivity index (χ2v) is 7.01. The van der Waals surface area contributed by atoms with E-state index in [1.165, 1.54) is 37.0 Å². The molecule has 1 aromatic heterocycles. The molecule has 1 aliphatic carbocycles. The molecule has 0 spiro atoms. The van der Waals surface area contributed by atoms with E-state index >= 15 is 0 Å². The van der Waals surface area contributed by atoms with Gasteiger partial charge in [0.05, 0.1) is 6.54 Å². The highest BCUT2D eigenvalue weighted by molar-refractivity contribution is 7.99. The van der Waals surface area contributed by atoms with Crippen LogP contribution in [0.2, 0.25) is 0 Å². The summed E-state index contributed by atoms with van der Waals surface area (Å²) in [6.45, 7) is 0.719. The normalized spacial score (nSPS) is 15.2. The van der Waals surface area contributed by atoms with Gasteiger partial charge in [-0.15, -0.1) is 0 Å². The van der Waals surface area contributed by atoms with Crippen molar-refractivity contribution in [1.82, 2.24) is 10.6 Å². The van der Waals surface area contributed by atoms with Gasteiger partial charge >= 0.3 is 0 Å². The number of carbonyl (C=O) groups excluding carboxylic acids is 2. The van der Waals surface area contributed by atoms with E-state index in [0.717, 1.165) is 11.0 Å². The van der Waals surface area contributed by atoms with E-state index in [-0.39, 0.29) is 18.4 Å². The molecule has 0 unspecified atom stereocenters. The van der Waals surface area contributed by atoms with Crippen molar-refractivity contribution in [2.24, 2.45) is 0 Å². The molecular formula is C14H20N2O2S2. The molecule has 2 N–H and O–H groups in total. The fourth-order valence-corrected chi connectivity index (χ4v) is 4.05. The molecule has 0 radical (unpaired) electrons. The van der Waals surface area contributed by atoms with Crippen molar-refractivity contribution in [3.63, 3.8) is 0 Å². The molecule has 1 aromatic rings. The zero-order valence-electron chi connectivity index (χ0n) is 11.4. The molecule has 6 heteroatoms. The van der Waals surface area contributed by atoms with Crippen LogP contribution in [0.4, 0.5) is 0 Å². The van der Waals surface area contributed by atoms with E-state index in [4.69, 9.17) is 0 Å². The predicted octanol–water partition coefficient (Wildman–Crippen LogP) is 2.27. The molecule has 1 aliphatic rings. The summed E-state index contributed by atoms with van der Waals surface area (Å²) in [7, 11) is 0. The topological polar surface area (TPSA) is 58.2 Å². The van der Waals surface area contributed by atoms with Crippen LogP contribution in [0, 0.1) is 0 Å². The van der Waals surface area contributed by atoms with Gasteiger partial charge in [0.2, 0.25) is 5.91 Å². The van der Waals surface area contributed by atoms with Gasteiger partial charge in [0.25, 0.3) is 5.91 Å². The first-order chi connectivity index (χ1) is 9.75. The Labute approximate surface area is 127 Å². The summed E-state index contributed by atoms with van der Waals surface area (Å²) in [6.07, 6.45) is 5.32. The number of hydrogen-bond donors (Lipinski definition) is 2. The Morgan fingerprint density at radius 2 is 2.10 bits per heavy atom. The second-order valence-electron chi connectivity index (χ2n) is 4.82. The summed E-state index contributed by atoms with van der Waals surface area (Å²) in [5, 5.41) is 9.85. The van der Waals surface area contributed by atoms with Crippen LogP contribution in [-0.4, -0.2) is 35.9 Å². The number of hydrogen-bond acceptors (Lipinski definition) is 4. The fraction of sp³-hybridized carbons (Fsp3) is 0.571. The average molecular weight is 312 g/mol. The molecule has 0 aromatic carbocycles.